The van der Waals surface area contributed by atoms with Crippen LogP contribution in [-0.4, -0.2) is 50.0 Å². The van der Waals surface area contributed by atoms with Gasteiger partial charge in [0.15, 0.2) is 0 Å². The van der Waals surface area contributed by atoms with E-state index in [1.807, 2.05) is 36.9 Å². The van der Waals surface area contributed by atoms with E-state index >= 15 is 0 Å². The molecule has 31 heavy (non-hydrogen) atoms. The highest BCUT2D eigenvalue weighted by Gasteiger charge is 2.26. The van der Waals surface area contributed by atoms with Crippen molar-refractivity contribution >= 4 is 11.8 Å². The molecule has 0 aliphatic carbocycles. The Balaban J connectivity index is 1.31. The summed E-state index contributed by atoms with van der Waals surface area (Å²) >= 11 is 0. The lowest BCUT2D eigenvalue weighted by Gasteiger charge is -2.31. The van der Waals surface area contributed by atoms with Crippen molar-refractivity contribution in [1.82, 2.24) is 30.4 Å². The van der Waals surface area contributed by atoms with Gasteiger partial charge in [-0.25, -0.2) is 0 Å². The molecule has 1 aliphatic heterocycles. The van der Waals surface area contributed by atoms with Crippen LogP contribution in [0, 0.1) is 13.8 Å². The summed E-state index contributed by atoms with van der Waals surface area (Å²) in [6.07, 6.45) is 4.95. The van der Waals surface area contributed by atoms with Crippen LogP contribution in [0.2, 0.25) is 0 Å². The summed E-state index contributed by atoms with van der Waals surface area (Å²) in [5.74, 6) is 0.0954. The molecule has 8 heteroatoms. The second kappa shape index (κ2) is 9.07. The van der Waals surface area contributed by atoms with E-state index < -0.39 is 0 Å². The van der Waals surface area contributed by atoms with Crippen LogP contribution in [-0.2, 0) is 6.54 Å². The number of hydrogen-bond acceptors (Lipinski definition) is 5. The number of pyridine rings is 2. The average molecular weight is 419 g/mol. The zero-order valence-corrected chi connectivity index (χ0v) is 17.8. The highest BCUT2D eigenvalue weighted by atomic mass is 16.2. The number of piperidine rings is 1. The molecule has 2 amide bonds. The molecule has 160 valence electrons. The first kappa shape index (κ1) is 20.7. The zero-order chi connectivity index (χ0) is 21.8. The lowest BCUT2D eigenvalue weighted by atomic mass is 9.92. The van der Waals surface area contributed by atoms with Gasteiger partial charge in [0.25, 0.3) is 11.8 Å². The summed E-state index contributed by atoms with van der Waals surface area (Å²) in [5, 5.41) is 10.00. The number of rotatable bonds is 5. The highest BCUT2D eigenvalue weighted by molar-refractivity contribution is 5.94. The zero-order valence-electron chi connectivity index (χ0n) is 17.8. The largest absolute Gasteiger partial charge is 0.348 e. The lowest BCUT2D eigenvalue weighted by Crippen LogP contribution is -2.38. The van der Waals surface area contributed by atoms with Crippen molar-refractivity contribution in [3.05, 3.63) is 76.6 Å². The van der Waals surface area contributed by atoms with Gasteiger partial charge in [-0.05, 0) is 51.0 Å². The van der Waals surface area contributed by atoms with Gasteiger partial charge in [0.2, 0.25) is 0 Å². The molecule has 1 aliphatic rings. The fraction of sp³-hybridized carbons (Fsp3) is 0.348. The fourth-order valence-electron chi connectivity index (χ4n) is 3.92. The minimum Gasteiger partial charge on any atom is -0.348 e. The van der Waals surface area contributed by atoms with E-state index in [0.29, 0.717) is 30.9 Å². The molecule has 0 unspecified atom stereocenters. The van der Waals surface area contributed by atoms with E-state index in [9.17, 15) is 9.59 Å². The summed E-state index contributed by atoms with van der Waals surface area (Å²) < 4.78 is 0. The van der Waals surface area contributed by atoms with E-state index in [4.69, 9.17) is 0 Å². The van der Waals surface area contributed by atoms with E-state index in [1.54, 1.807) is 24.5 Å². The number of amides is 2. The van der Waals surface area contributed by atoms with Crippen molar-refractivity contribution in [2.75, 3.05) is 13.1 Å². The number of hydrogen-bond donors (Lipinski definition) is 2. The van der Waals surface area contributed by atoms with Gasteiger partial charge in [-0.15, -0.1) is 0 Å². The van der Waals surface area contributed by atoms with Crippen molar-refractivity contribution in [2.45, 2.75) is 39.2 Å². The number of likely N-dealkylation sites (tertiary alicyclic amines) is 1. The van der Waals surface area contributed by atoms with Gasteiger partial charge < -0.3 is 10.2 Å². The van der Waals surface area contributed by atoms with Gasteiger partial charge >= 0.3 is 0 Å². The van der Waals surface area contributed by atoms with Crippen LogP contribution in [0.15, 0.2) is 42.7 Å². The molecule has 3 aromatic heterocycles. The number of nitrogens with one attached hydrogen (secondary N) is 2. The summed E-state index contributed by atoms with van der Waals surface area (Å²) in [6, 6.07) is 9.11. The van der Waals surface area contributed by atoms with Crippen molar-refractivity contribution < 1.29 is 9.59 Å². The number of aryl methyl sites for hydroxylation is 2. The van der Waals surface area contributed by atoms with E-state index in [1.165, 1.54) is 0 Å². The molecule has 2 N–H and O–H groups in total. The minimum absolute atomic E-state index is 0.0258. The molecule has 0 saturated carbocycles. The van der Waals surface area contributed by atoms with Crippen LogP contribution >= 0.6 is 0 Å². The Hall–Kier alpha value is -3.55. The second-order valence-electron chi connectivity index (χ2n) is 7.85. The molecule has 4 heterocycles. The van der Waals surface area contributed by atoms with Crippen molar-refractivity contribution in [3.8, 4) is 0 Å². The molecule has 0 aromatic carbocycles. The molecule has 0 radical (unpaired) electrons. The first-order chi connectivity index (χ1) is 15.0. The summed E-state index contributed by atoms with van der Waals surface area (Å²) in [6.45, 7) is 5.63. The van der Waals surface area contributed by atoms with Gasteiger partial charge in [0.05, 0.1) is 11.3 Å². The van der Waals surface area contributed by atoms with Gasteiger partial charge in [0, 0.05) is 54.9 Å². The Kier molecular flexibility index (Phi) is 6.06. The molecular weight excluding hydrogens is 392 g/mol. The third-order valence-corrected chi connectivity index (χ3v) is 5.84. The van der Waals surface area contributed by atoms with E-state index in [-0.39, 0.29) is 17.7 Å². The smallest absolute Gasteiger partial charge is 0.272 e. The number of nitrogens with zero attached hydrogens (tertiary/aromatic N) is 4. The van der Waals surface area contributed by atoms with Crippen LogP contribution in [0.1, 0.15) is 62.3 Å². The van der Waals surface area contributed by atoms with Crippen molar-refractivity contribution in [2.24, 2.45) is 0 Å². The van der Waals surface area contributed by atoms with Crippen molar-refractivity contribution in [1.29, 1.82) is 0 Å². The lowest BCUT2D eigenvalue weighted by molar-refractivity contribution is 0.0705. The van der Waals surface area contributed by atoms with Crippen LogP contribution in [0.3, 0.4) is 0 Å². The van der Waals surface area contributed by atoms with Gasteiger partial charge in [-0.3, -0.25) is 24.7 Å². The molecule has 0 atom stereocenters. The topological polar surface area (TPSA) is 104 Å². The first-order valence-corrected chi connectivity index (χ1v) is 10.5. The highest BCUT2D eigenvalue weighted by Crippen LogP contribution is 2.27. The molecule has 3 aromatic rings. The molecule has 0 bridgehead atoms. The van der Waals surface area contributed by atoms with Crippen LogP contribution in [0.25, 0.3) is 0 Å². The molecule has 0 spiro atoms. The maximum Gasteiger partial charge on any atom is 0.272 e. The summed E-state index contributed by atoms with van der Waals surface area (Å²) in [5.41, 5.74) is 4.83. The molecule has 8 nitrogen and oxygen atoms in total. The van der Waals surface area contributed by atoms with E-state index in [2.05, 4.69) is 25.5 Å². The van der Waals surface area contributed by atoms with E-state index in [0.717, 1.165) is 35.5 Å². The fourth-order valence-corrected chi connectivity index (χ4v) is 3.92. The Morgan fingerprint density at radius 1 is 1.13 bits per heavy atom. The van der Waals surface area contributed by atoms with Crippen LogP contribution in [0.5, 0.6) is 0 Å². The average Bonchev–Trinajstić information content (AvgIpc) is 3.15. The second-order valence-corrected chi connectivity index (χ2v) is 7.85. The maximum absolute atomic E-state index is 12.5. The monoisotopic (exact) mass is 418 g/mol. The minimum atomic E-state index is -0.158. The summed E-state index contributed by atoms with van der Waals surface area (Å²) in [4.78, 5) is 35.6. The summed E-state index contributed by atoms with van der Waals surface area (Å²) in [7, 11) is 0. The molecule has 1 saturated heterocycles. The molecular formula is C23H26N6O2. The SMILES string of the molecule is Cc1n[nH]c(C)c1CNC(=O)c1ccc(C2CCN(C(=O)c3ccccn3)CC2)nc1. The first-order valence-electron chi connectivity index (χ1n) is 10.5. The van der Waals surface area contributed by atoms with Gasteiger partial charge in [-0.1, -0.05) is 6.07 Å². The predicted octanol–water partition coefficient (Wildman–Crippen LogP) is 2.77. The number of aromatic nitrogens is 4. The van der Waals surface area contributed by atoms with Gasteiger partial charge in [0.1, 0.15) is 5.69 Å². The third kappa shape index (κ3) is 4.63. The Morgan fingerprint density at radius 3 is 2.55 bits per heavy atom. The number of H-pyrrole nitrogens is 1. The number of carbonyl (C=O) groups excluding carboxylic acids is 2. The quantitative estimate of drug-likeness (QED) is 0.663. The normalized spacial score (nSPS) is 14.5. The van der Waals surface area contributed by atoms with Crippen LogP contribution in [0.4, 0.5) is 0 Å². The number of aromatic amines is 1. The molecule has 1 fully saturated rings. The Labute approximate surface area is 181 Å². The Morgan fingerprint density at radius 2 is 1.94 bits per heavy atom. The predicted molar refractivity (Wildman–Crippen MR) is 116 cm³/mol. The maximum atomic E-state index is 12.5. The Bertz CT molecular complexity index is 1030. The number of carbonyl (C=O) groups is 2. The van der Waals surface area contributed by atoms with Crippen molar-refractivity contribution in [3.63, 3.8) is 0 Å². The molecule has 4 rings (SSSR count). The van der Waals surface area contributed by atoms with Crippen LogP contribution < -0.4 is 5.32 Å². The van der Waals surface area contributed by atoms with Gasteiger partial charge in [-0.2, -0.15) is 5.10 Å². The standard InChI is InChI=1S/C23H26N6O2/c1-15-19(16(2)28-27-15)14-26-22(30)18-6-7-20(25-13-18)17-8-11-29(12-9-17)23(31)21-5-3-4-10-24-21/h3-7,10,13,17H,8-9,11-12,14H2,1-2H3,(H,26,30)(H,27,28). The third-order valence-electron chi connectivity index (χ3n) is 5.84.